The van der Waals surface area contributed by atoms with Crippen LogP contribution in [0, 0.1) is 0 Å². The average molecular weight is 261 g/mol. The zero-order valence-electron chi connectivity index (χ0n) is 11.5. The molecule has 0 spiro atoms. The molecular formula is C14H19N3O2. The summed E-state index contributed by atoms with van der Waals surface area (Å²) in [6, 6.07) is 5.53. The summed E-state index contributed by atoms with van der Waals surface area (Å²) in [6.45, 7) is 0. The molecule has 0 aliphatic carbocycles. The van der Waals surface area contributed by atoms with E-state index < -0.39 is 0 Å². The molecule has 0 fully saturated rings. The monoisotopic (exact) mass is 261 g/mol. The highest BCUT2D eigenvalue weighted by molar-refractivity contribution is 5.48. The molecule has 1 heterocycles. The van der Waals surface area contributed by atoms with Gasteiger partial charge in [0.25, 0.3) is 0 Å². The molecule has 1 unspecified atom stereocenters. The van der Waals surface area contributed by atoms with E-state index in [4.69, 9.17) is 15.2 Å². The van der Waals surface area contributed by atoms with E-state index in [1.165, 1.54) is 0 Å². The van der Waals surface area contributed by atoms with Crippen LogP contribution in [0.4, 0.5) is 0 Å². The number of hydrogen-bond acceptors (Lipinski definition) is 4. The van der Waals surface area contributed by atoms with E-state index in [-0.39, 0.29) is 6.04 Å². The molecule has 0 radical (unpaired) electrons. The molecule has 2 N–H and O–H groups in total. The first-order chi connectivity index (χ1) is 9.17. The molecule has 0 amide bonds. The van der Waals surface area contributed by atoms with E-state index >= 15 is 0 Å². The summed E-state index contributed by atoms with van der Waals surface area (Å²) in [7, 11) is 5.19. The highest BCUT2D eigenvalue weighted by Crippen LogP contribution is 2.34. The lowest BCUT2D eigenvalue weighted by Crippen LogP contribution is -2.17. The number of imidazole rings is 1. The first kappa shape index (κ1) is 13.4. The Morgan fingerprint density at radius 3 is 2.68 bits per heavy atom. The van der Waals surface area contributed by atoms with Gasteiger partial charge >= 0.3 is 0 Å². The highest BCUT2D eigenvalue weighted by atomic mass is 16.5. The third kappa shape index (κ3) is 2.71. The van der Waals surface area contributed by atoms with Crippen molar-refractivity contribution in [2.75, 3.05) is 14.2 Å². The van der Waals surface area contributed by atoms with Gasteiger partial charge in [0.1, 0.15) is 5.82 Å². The summed E-state index contributed by atoms with van der Waals surface area (Å²) in [5.74, 6) is 2.32. The third-order valence-corrected chi connectivity index (χ3v) is 3.16. The average Bonchev–Trinajstić information content (AvgIpc) is 2.83. The lowest BCUT2D eigenvalue weighted by atomic mass is 10.0. The number of nitrogens with zero attached hydrogens (tertiary/aromatic N) is 2. The van der Waals surface area contributed by atoms with Crippen LogP contribution in [0.5, 0.6) is 11.5 Å². The van der Waals surface area contributed by atoms with Crippen LogP contribution in [0.3, 0.4) is 0 Å². The van der Waals surface area contributed by atoms with E-state index in [0.717, 1.165) is 11.4 Å². The topological polar surface area (TPSA) is 62.3 Å². The largest absolute Gasteiger partial charge is 0.493 e. The Balaban J connectivity index is 2.28. The van der Waals surface area contributed by atoms with Crippen molar-refractivity contribution in [3.63, 3.8) is 0 Å². The molecule has 5 heteroatoms. The van der Waals surface area contributed by atoms with E-state index in [1.807, 2.05) is 36.0 Å². The van der Waals surface area contributed by atoms with Gasteiger partial charge in [-0.05, 0) is 6.07 Å². The molecule has 0 aliphatic heterocycles. The van der Waals surface area contributed by atoms with Crippen LogP contribution < -0.4 is 15.2 Å². The van der Waals surface area contributed by atoms with Gasteiger partial charge in [0.15, 0.2) is 11.5 Å². The SMILES string of the molecule is COc1cccc(C(N)Cc2nccn2C)c1OC. The number of ether oxygens (including phenoxy) is 2. The molecule has 1 aromatic heterocycles. The minimum Gasteiger partial charge on any atom is -0.493 e. The van der Waals surface area contributed by atoms with Crippen molar-refractivity contribution in [1.82, 2.24) is 9.55 Å². The molecule has 1 aromatic carbocycles. The number of aryl methyl sites for hydroxylation is 1. The highest BCUT2D eigenvalue weighted by Gasteiger charge is 2.17. The number of aromatic nitrogens is 2. The second-order valence-corrected chi connectivity index (χ2v) is 4.35. The summed E-state index contributed by atoms with van der Waals surface area (Å²) in [5, 5.41) is 0. The number of rotatable bonds is 5. The van der Waals surface area contributed by atoms with Crippen molar-refractivity contribution in [3.8, 4) is 11.5 Å². The predicted molar refractivity (Wildman–Crippen MR) is 73.4 cm³/mol. The van der Waals surface area contributed by atoms with Crippen molar-refractivity contribution in [2.24, 2.45) is 12.8 Å². The first-order valence-electron chi connectivity index (χ1n) is 6.10. The number of hydrogen-bond donors (Lipinski definition) is 1. The number of nitrogens with two attached hydrogens (primary N) is 1. The van der Waals surface area contributed by atoms with Crippen molar-refractivity contribution < 1.29 is 9.47 Å². The summed E-state index contributed by atoms with van der Waals surface area (Å²) in [6.07, 6.45) is 4.32. The van der Waals surface area contributed by atoms with Crippen molar-refractivity contribution >= 4 is 0 Å². The Labute approximate surface area is 113 Å². The molecule has 2 rings (SSSR count). The second kappa shape index (κ2) is 5.75. The smallest absolute Gasteiger partial charge is 0.165 e. The number of benzene rings is 1. The van der Waals surface area contributed by atoms with Gasteiger partial charge in [-0.2, -0.15) is 0 Å². The van der Waals surface area contributed by atoms with Crippen LogP contribution >= 0.6 is 0 Å². The van der Waals surface area contributed by atoms with Gasteiger partial charge in [-0.1, -0.05) is 12.1 Å². The fourth-order valence-electron chi connectivity index (χ4n) is 2.10. The normalized spacial score (nSPS) is 12.2. The molecule has 1 atom stereocenters. The van der Waals surface area contributed by atoms with E-state index in [1.54, 1.807) is 20.4 Å². The molecule has 0 saturated heterocycles. The molecular weight excluding hydrogens is 242 g/mol. The molecule has 19 heavy (non-hydrogen) atoms. The Hall–Kier alpha value is -2.01. The second-order valence-electron chi connectivity index (χ2n) is 4.35. The number of methoxy groups -OCH3 is 2. The van der Waals surface area contributed by atoms with Crippen LogP contribution in [0.2, 0.25) is 0 Å². The minimum atomic E-state index is -0.189. The maximum Gasteiger partial charge on any atom is 0.165 e. The third-order valence-electron chi connectivity index (χ3n) is 3.16. The van der Waals surface area contributed by atoms with Gasteiger partial charge in [-0.25, -0.2) is 4.98 Å². The van der Waals surface area contributed by atoms with Gasteiger partial charge in [-0.15, -0.1) is 0 Å². The van der Waals surface area contributed by atoms with E-state index in [9.17, 15) is 0 Å². The van der Waals surface area contributed by atoms with Gasteiger partial charge in [0, 0.05) is 37.5 Å². The Kier molecular flexibility index (Phi) is 4.06. The summed E-state index contributed by atoms with van der Waals surface area (Å²) >= 11 is 0. The van der Waals surface area contributed by atoms with Crippen LogP contribution in [-0.4, -0.2) is 23.8 Å². The maximum atomic E-state index is 6.27. The molecule has 2 aromatic rings. The van der Waals surface area contributed by atoms with Crippen molar-refractivity contribution in [1.29, 1.82) is 0 Å². The van der Waals surface area contributed by atoms with Crippen LogP contribution in [-0.2, 0) is 13.5 Å². The first-order valence-corrected chi connectivity index (χ1v) is 6.10. The van der Waals surface area contributed by atoms with E-state index in [0.29, 0.717) is 17.9 Å². The van der Waals surface area contributed by atoms with Crippen LogP contribution in [0.15, 0.2) is 30.6 Å². The van der Waals surface area contributed by atoms with Gasteiger partial charge in [0.05, 0.1) is 14.2 Å². The standard InChI is InChI=1S/C14H19N3O2/c1-17-8-7-16-13(17)9-11(15)10-5-4-6-12(18-2)14(10)19-3/h4-8,11H,9,15H2,1-3H3. The van der Waals surface area contributed by atoms with E-state index in [2.05, 4.69) is 4.98 Å². The van der Waals surface area contributed by atoms with Crippen molar-refractivity contribution in [3.05, 3.63) is 42.0 Å². The van der Waals surface area contributed by atoms with Crippen molar-refractivity contribution in [2.45, 2.75) is 12.5 Å². The summed E-state index contributed by atoms with van der Waals surface area (Å²) in [5.41, 5.74) is 7.19. The minimum absolute atomic E-state index is 0.189. The molecule has 0 aliphatic rings. The van der Waals surface area contributed by atoms with Crippen LogP contribution in [0.1, 0.15) is 17.4 Å². The molecule has 5 nitrogen and oxygen atoms in total. The van der Waals surface area contributed by atoms with Gasteiger partial charge in [0.2, 0.25) is 0 Å². The molecule has 0 saturated carbocycles. The number of para-hydroxylation sites is 1. The molecule has 0 bridgehead atoms. The predicted octanol–water partition coefficient (Wildman–Crippen LogP) is 1.68. The van der Waals surface area contributed by atoms with Crippen LogP contribution in [0.25, 0.3) is 0 Å². The Bertz CT molecular complexity index is 551. The van der Waals surface area contributed by atoms with Gasteiger partial charge < -0.3 is 19.8 Å². The summed E-state index contributed by atoms with van der Waals surface area (Å²) in [4.78, 5) is 4.29. The zero-order chi connectivity index (χ0) is 13.8. The quantitative estimate of drug-likeness (QED) is 0.889. The van der Waals surface area contributed by atoms with Gasteiger partial charge in [-0.3, -0.25) is 0 Å². The lowest BCUT2D eigenvalue weighted by molar-refractivity contribution is 0.349. The maximum absolute atomic E-state index is 6.27. The fourth-order valence-corrected chi connectivity index (χ4v) is 2.10. The Morgan fingerprint density at radius 1 is 1.32 bits per heavy atom. The zero-order valence-corrected chi connectivity index (χ0v) is 11.5. The molecule has 102 valence electrons. The fraction of sp³-hybridized carbons (Fsp3) is 0.357. The summed E-state index contributed by atoms with van der Waals surface area (Å²) < 4.78 is 12.7. The lowest BCUT2D eigenvalue weighted by Gasteiger charge is -2.17. The Morgan fingerprint density at radius 2 is 2.11 bits per heavy atom.